The Labute approximate surface area is 196 Å². The van der Waals surface area contributed by atoms with Gasteiger partial charge in [-0.2, -0.15) is 5.10 Å². The molecule has 0 aromatic heterocycles. The van der Waals surface area contributed by atoms with Crippen molar-refractivity contribution in [2.24, 2.45) is 5.10 Å². The van der Waals surface area contributed by atoms with Crippen LogP contribution in [0.15, 0.2) is 84.0 Å². The molecule has 0 spiro atoms. The average Bonchev–Trinajstić information content (AvgIpc) is 2.79. The number of ether oxygens (including phenoxy) is 1. The topological polar surface area (TPSA) is 105 Å². The fraction of sp³-hybridized carbons (Fsp3) is 0.0870. The molecule has 0 fully saturated rings. The third-order valence-electron chi connectivity index (χ3n) is 4.31. The molecule has 1 N–H and O–H groups in total. The van der Waals surface area contributed by atoms with Crippen molar-refractivity contribution in [1.29, 1.82) is 0 Å². The molecule has 0 heterocycles. The predicted molar refractivity (Wildman–Crippen MR) is 127 cm³/mol. The standard InChI is InChI=1S/C23H20ClN3O5S/c1-33(30,31)27(21-10-6-5-9-20(21)24)16-22(28)26-25-15-17-11-13-19(14-12-17)32-23(29)18-7-3-2-4-8-18/h2-15H,16H2,1H3,(H,26,28)/b25-15-. The maximum absolute atomic E-state index is 12.3. The SMILES string of the molecule is CS(=O)(=O)N(CC(=O)N/N=C\c1ccc(OC(=O)c2ccccc2)cc1)c1ccccc1Cl. The van der Waals surface area contributed by atoms with E-state index in [1.165, 1.54) is 18.3 Å². The summed E-state index contributed by atoms with van der Waals surface area (Å²) in [6.45, 7) is -0.492. The summed E-state index contributed by atoms with van der Waals surface area (Å²) >= 11 is 6.07. The van der Waals surface area contributed by atoms with Crippen LogP contribution in [0.1, 0.15) is 15.9 Å². The van der Waals surface area contributed by atoms with Crippen LogP contribution in [0.2, 0.25) is 5.02 Å². The van der Waals surface area contributed by atoms with E-state index in [-0.39, 0.29) is 10.7 Å². The number of anilines is 1. The van der Waals surface area contributed by atoms with E-state index in [0.717, 1.165) is 10.6 Å². The van der Waals surface area contributed by atoms with Crippen molar-refractivity contribution in [2.75, 3.05) is 17.1 Å². The number of nitrogens with zero attached hydrogens (tertiary/aromatic N) is 2. The number of para-hydroxylation sites is 1. The van der Waals surface area contributed by atoms with Crippen LogP contribution >= 0.6 is 11.6 Å². The van der Waals surface area contributed by atoms with Crippen molar-refractivity contribution < 1.29 is 22.7 Å². The number of carbonyl (C=O) groups excluding carboxylic acids is 2. The molecule has 0 saturated heterocycles. The summed E-state index contributed by atoms with van der Waals surface area (Å²) in [4.78, 5) is 24.3. The van der Waals surface area contributed by atoms with Gasteiger partial charge in [0.05, 0.1) is 28.7 Å². The molecular formula is C23H20ClN3O5S. The van der Waals surface area contributed by atoms with E-state index < -0.39 is 28.4 Å². The molecule has 3 aromatic rings. The summed E-state index contributed by atoms with van der Waals surface area (Å²) in [7, 11) is -3.75. The maximum Gasteiger partial charge on any atom is 0.343 e. The van der Waals surface area contributed by atoms with E-state index in [1.54, 1.807) is 66.7 Å². The zero-order valence-corrected chi connectivity index (χ0v) is 19.1. The van der Waals surface area contributed by atoms with E-state index >= 15 is 0 Å². The molecule has 8 nitrogen and oxygen atoms in total. The van der Waals surface area contributed by atoms with Crippen LogP contribution in [-0.4, -0.2) is 39.3 Å². The minimum absolute atomic E-state index is 0.196. The average molecular weight is 486 g/mol. The van der Waals surface area contributed by atoms with Crippen LogP contribution in [0.25, 0.3) is 0 Å². The van der Waals surface area contributed by atoms with Crippen molar-refractivity contribution >= 4 is 45.4 Å². The summed E-state index contributed by atoms with van der Waals surface area (Å²) in [5, 5.41) is 4.05. The lowest BCUT2D eigenvalue weighted by molar-refractivity contribution is -0.119. The number of carbonyl (C=O) groups is 2. The number of rotatable bonds is 8. The number of halogens is 1. The molecule has 3 aromatic carbocycles. The van der Waals surface area contributed by atoms with E-state index in [4.69, 9.17) is 16.3 Å². The molecule has 10 heteroatoms. The van der Waals surface area contributed by atoms with Crippen molar-refractivity contribution in [1.82, 2.24) is 5.43 Å². The van der Waals surface area contributed by atoms with E-state index in [2.05, 4.69) is 10.5 Å². The van der Waals surface area contributed by atoms with Gasteiger partial charge >= 0.3 is 5.97 Å². The van der Waals surface area contributed by atoms with Crippen LogP contribution in [-0.2, 0) is 14.8 Å². The highest BCUT2D eigenvalue weighted by Gasteiger charge is 2.22. The largest absolute Gasteiger partial charge is 0.423 e. The Morgan fingerprint density at radius 1 is 1.00 bits per heavy atom. The molecule has 0 radical (unpaired) electrons. The first-order valence-electron chi connectivity index (χ1n) is 9.65. The second kappa shape index (κ2) is 10.8. The van der Waals surface area contributed by atoms with E-state index in [0.29, 0.717) is 16.9 Å². The van der Waals surface area contributed by atoms with Crippen molar-refractivity contribution in [3.8, 4) is 5.75 Å². The lowest BCUT2D eigenvalue weighted by Gasteiger charge is -2.22. The smallest absolute Gasteiger partial charge is 0.343 e. The van der Waals surface area contributed by atoms with Gasteiger partial charge in [0.25, 0.3) is 5.91 Å². The van der Waals surface area contributed by atoms with Gasteiger partial charge in [-0.05, 0) is 54.1 Å². The van der Waals surface area contributed by atoms with Crippen LogP contribution < -0.4 is 14.5 Å². The monoisotopic (exact) mass is 485 g/mol. The minimum atomic E-state index is -3.75. The molecule has 0 aliphatic carbocycles. The molecule has 0 aliphatic heterocycles. The van der Waals surface area contributed by atoms with Gasteiger partial charge in [-0.3, -0.25) is 9.10 Å². The van der Waals surface area contributed by atoms with Gasteiger partial charge < -0.3 is 4.74 Å². The molecule has 0 saturated carbocycles. The summed E-state index contributed by atoms with van der Waals surface area (Å²) in [6.07, 6.45) is 2.36. The quantitative estimate of drug-likeness (QED) is 0.227. The lowest BCUT2D eigenvalue weighted by atomic mass is 10.2. The normalized spacial score (nSPS) is 11.2. The van der Waals surface area contributed by atoms with Gasteiger partial charge in [0, 0.05) is 0 Å². The molecule has 0 bridgehead atoms. The molecule has 3 rings (SSSR count). The number of hydrogen-bond donors (Lipinski definition) is 1. The van der Waals surface area contributed by atoms with Crippen LogP contribution in [0.5, 0.6) is 5.75 Å². The molecular weight excluding hydrogens is 466 g/mol. The molecule has 0 aliphatic rings. The summed E-state index contributed by atoms with van der Waals surface area (Å²) < 4.78 is 30.5. The van der Waals surface area contributed by atoms with Gasteiger partial charge in [0.15, 0.2) is 0 Å². The zero-order chi connectivity index (χ0) is 23.8. The second-order valence-electron chi connectivity index (χ2n) is 6.84. The number of esters is 1. The van der Waals surface area contributed by atoms with Gasteiger partial charge in [0.2, 0.25) is 10.0 Å². The third-order valence-corrected chi connectivity index (χ3v) is 5.76. The fourth-order valence-corrected chi connectivity index (χ4v) is 3.90. The Bertz CT molecular complexity index is 1260. The Kier molecular flexibility index (Phi) is 7.81. The molecule has 33 heavy (non-hydrogen) atoms. The lowest BCUT2D eigenvalue weighted by Crippen LogP contribution is -2.39. The summed E-state index contributed by atoms with van der Waals surface area (Å²) in [6, 6.07) is 21.4. The molecule has 170 valence electrons. The zero-order valence-electron chi connectivity index (χ0n) is 17.5. The van der Waals surface area contributed by atoms with Crippen LogP contribution in [0, 0.1) is 0 Å². The number of nitrogens with one attached hydrogen (secondary N) is 1. The van der Waals surface area contributed by atoms with E-state index in [1.807, 2.05) is 0 Å². The predicted octanol–water partition coefficient (Wildman–Crippen LogP) is 3.48. The summed E-state index contributed by atoms with van der Waals surface area (Å²) in [5.74, 6) is -0.767. The molecule has 0 unspecified atom stereocenters. The van der Waals surface area contributed by atoms with Crippen molar-refractivity contribution in [3.05, 3.63) is 95.0 Å². The van der Waals surface area contributed by atoms with Crippen molar-refractivity contribution in [2.45, 2.75) is 0 Å². The number of benzene rings is 3. The van der Waals surface area contributed by atoms with E-state index in [9.17, 15) is 18.0 Å². The van der Waals surface area contributed by atoms with Gasteiger partial charge in [0.1, 0.15) is 12.3 Å². The highest BCUT2D eigenvalue weighted by Crippen LogP contribution is 2.26. The van der Waals surface area contributed by atoms with Crippen molar-refractivity contribution in [3.63, 3.8) is 0 Å². The number of hydrazone groups is 1. The first-order valence-corrected chi connectivity index (χ1v) is 11.9. The fourth-order valence-electron chi connectivity index (χ4n) is 2.74. The van der Waals surface area contributed by atoms with Gasteiger partial charge in [-0.1, -0.05) is 41.9 Å². The molecule has 1 amide bonds. The second-order valence-corrected chi connectivity index (χ2v) is 9.15. The Morgan fingerprint density at radius 2 is 1.64 bits per heavy atom. The third kappa shape index (κ3) is 6.90. The number of amides is 1. The maximum atomic E-state index is 12.3. The minimum Gasteiger partial charge on any atom is -0.423 e. The van der Waals surface area contributed by atoms with Crippen LogP contribution in [0.4, 0.5) is 5.69 Å². The molecule has 0 atom stereocenters. The van der Waals surface area contributed by atoms with Gasteiger partial charge in [-0.25, -0.2) is 18.6 Å². The summed E-state index contributed by atoms with van der Waals surface area (Å²) in [5.41, 5.74) is 3.54. The Morgan fingerprint density at radius 3 is 2.27 bits per heavy atom. The Balaban J connectivity index is 1.58. The van der Waals surface area contributed by atoms with Crippen LogP contribution in [0.3, 0.4) is 0 Å². The first-order chi connectivity index (χ1) is 15.7. The Hall–Kier alpha value is -3.69. The highest BCUT2D eigenvalue weighted by molar-refractivity contribution is 7.92. The number of sulfonamides is 1. The first kappa shape index (κ1) is 24.0. The van der Waals surface area contributed by atoms with Gasteiger partial charge in [-0.15, -0.1) is 0 Å². The number of hydrogen-bond acceptors (Lipinski definition) is 6. The highest BCUT2D eigenvalue weighted by atomic mass is 35.5.